The van der Waals surface area contributed by atoms with Crippen molar-refractivity contribution in [3.63, 3.8) is 0 Å². The summed E-state index contributed by atoms with van der Waals surface area (Å²) in [7, 11) is 0. The molecule has 19 heavy (non-hydrogen) atoms. The first kappa shape index (κ1) is 13.6. The summed E-state index contributed by atoms with van der Waals surface area (Å²) in [5, 5.41) is 10.2. The summed E-state index contributed by atoms with van der Waals surface area (Å²) in [4.78, 5) is 11.8. The Balaban J connectivity index is 1.88. The lowest BCUT2D eigenvalue weighted by Gasteiger charge is -2.20. The van der Waals surface area contributed by atoms with Crippen molar-refractivity contribution < 1.29 is 9.53 Å². The van der Waals surface area contributed by atoms with Gasteiger partial charge in [0.1, 0.15) is 0 Å². The molecule has 6 heteroatoms. The van der Waals surface area contributed by atoms with E-state index >= 15 is 0 Å². The van der Waals surface area contributed by atoms with Crippen LogP contribution in [-0.2, 0) is 9.53 Å². The molecule has 0 atom stereocenters. The molecule has 1 aliphatic rings. The fourth-order valence-corrected chi connectivity index (χ4v) is 2.29. The minimum absolute atomic E-state index is 0.0793. The number of ether oxygens (including phenoxy) is 1. The molecule has 0 saturated heterocycles. The van der Waals surface area contributed by atoms with Crippen LogP contribution in [0.1, 0.15) is 12.5 Å². The maximum absolute atomic E-state index is 11.8. The molecule has 98 valence electrons. The number of hydrogen-bond acceptors (Lipinski definition) is 4. The normalized spacial score (nSPS) is 14.1. The Hall–Kier alpha value is -1.84. The highest BCUT2D eigenvalue weighted by Gasteiger charge is 2.19. The van der Waals surface area contributed by atoms with E-state index in [-0.39, 0.29) is 12.6 Å². The first-order valence-electron chi connectivity index (χ1n) is 5.59. The van der Waals surface area contributed by atoms with Gasteiger partial charge in [0.2, 0.25) is 0 Å². The van der Waals surface area contributed by atoms with Crippen molar-refractivity contribution in [2.45, 2.75) is 6.92 Å². The minimum atomic E-state index is -0.375. The highest BCUT2D eigenvalue weighted by Crippen LogP contribution is 2.07. The molecule has 2 heterocycles. The number of carbonyl (C=O) groups excluding carboxylic acids is 1. The summed E-state index contributed by atoms with van der Waals surface area (Å²) in [6.07, 6.45) is 0. The summed E-state index contributed by atoms with van der Waals surface area (Å²) in [5.41, 5.74) is 2.20. The largest absolute Gasteiger partial charge is 0.449 e. The van der Waals surface area contributed by atoms with Crippen molar-refractivity contribution in [2.24, 2.45) is 0 Å². The van der Waals surface area contributed by atoms with E-state index < -0.39 is 0 Å². The number of hydrogen-bond donors (Lipinski definition) is 2. The van der Waals surface area contributed by atoms with Gasteiger partial charge in [-0.2, -0.15) is 11.3 Å². The first-order valence-corrected chi connectivity index (χ1v) is 6.94. The third kappa shape index (κ3) is 3.81. The highest BCUT2D eigenvalue weighted by atomic mass is 32.1. The van der Waals surface area contributed by atoms with E-state index in [1.54, 1.807) is 18.3 Å². The summed E-state index contributed by atoms with van der Waals surface area (Å²) < 4.78 is 5.10. The molecule has 2 rings (SSSR count). The Bertz CT molecular complexity index is 580. The maximum atomic E-state index is 11.8. The molecule has 0 spiro atoms. The second-order valence-corrected chi connectivity index (χ2v) is 4.99. The van der Waals surface area contributed by atoms with Crippen LogP contribution in [-0.4, -0.2) is 24.2 Å². The van der Waals surface area contributed by atoms with E-state index in [9.17, 15) is 4.79 Å². The topological polar surface area (TPSA) is 50.4 Å². The Labute approximate surface area is 120 Å². The maximum Gasteiger partial charge on any atom is 0.338 e. The zero-order valence-electron chi connectivity index (χ0n) is 10.3. The van der Waals surface area contributed by atoms with Gasteiger partial charge < -0.3 is 15.4 Å². The number of thiocarbonyl (C=S) groups is 1. The third-order valence-corrected chi connectivity index (χ3v) is 3.38. The fraction of sp³-hybridized carbons (Fsp3) is 0.231. The summed E-state index contributed by atoms with van der Waals surface area (Å²) in [6, 6.07) is 1.92. The fourth-order valence-electron chi connectivity index (χ4n) is 1.48. The highest BCUT2D eigenvalue weighted by molar-refractivity contribution is 7.80. The molecule has 0 radical (unpaired) electrons. The lowest BCUT2D eigenvalue weighted by molar-refractivity contribution is -0.137. The molecule has 0 fully saturated rings. The molecule has 0 saturated carbocycles. The molecular weight excluding hydrogens is 280 g/mol. The van der Waals surface area contributed by atoms with Crippen LogP contribution < -0.4 is 10.6 Å². The van der Waals surface area contributed by atoms with Crippen molar-refractivity contribution in [1.82, 2.24) is 10.6 Å². The Kier molecular flexibility index (Phi) is 4.55. The van der Waals surface area contributed by atoms with Crippen LogP contribution in [0.15, 0.2) is 28.1 Å². The molecule has 1 aromatic rings. The van der Waals surface area contributed by atoms with Crippen molar-refractivity contribution in [3.05, 3.63) is 33.7 Å². The van der Waals surface area contributed by atoms with Gasteiger partial charge in [0.25, 0.3) is 0 Å². The second kappa shape index (κ2) is 6.36. The van der Waals surface area contributed by atoms with Gasteiger partial charge in [-0.25, -0.2) is 4.79 Å². The molecule has 1 aliphatic heterocycles. The lowest BCUT2D eigenvalue weighted by atomic mass is 10.2. The van der Waals surface area contributed by atoms with Gasteiger partial charge in [-0.05, 0) is 30.6 Å². The smallest absolute Gasteiger partial charge is 0.338 e. The van der Waals surface area contributed by atoms with Gasteiger partial charge in [0.05, 0.1) is 12.1 Å². The lowest BCUT2D eigenvalue weighted by Crippen LogP contribution is -2.42. The average molecular weight is 292 g/mol. The van der Waals surface area contributed by atoms with E-state index in [1.165, 1.54) is 0 Å². The standard InChI is InChI=1S/C13H12N2O2S2/c1-9-11(7-14-13(18)15-9)12(16)17-5-2-3-10-4-6-19-8-10/h4,6,8H,5,7H2,1H3,(H2,14,15,18). The predicted molar refractivity (Wildman–Crippen MR) is 78.6 cm³/mol. The van der Waals surface area contributed by atoms with Crippen LogP contribution in [0.3, 0.4) is 0 Å². The molecule has 1 aromatic heterocycles. The molecule has 0 amide bonds. The molecule has 0 bridgehead atoms. The van der Waals surface area contributed by atoms with Gasteiger partial charge in [-0.1, -0.05) is 11.8 Å². The van der Waals surface area contributed by atoms with Crippen LogP contribution in [0.2, 0.25) is 0 Å². The van der Waals surface area contributed by atoms with E-state index in [1.807, 2.05) is 16.8 Å². The van der Waals surface area contributed by atoms with Gasteiger partial charge >= 0.3 is 5.97 Å². The van der Waals surface area contributed by atoms with Crippen molar-refractivity contribution in [2.75, 3.05) is 13.2 Å². The number of carbonyl (C=O) groups is 1. The number of allylic oxidation sites excluding steroid dienone is 1. The average Bonchev–Trinajstić information content (AvgIpc) is 2.87. The number of rotatable bonds is 2. The number of esters is 1. The van der Waals surface area contributed by atoms with Crippen LogP contribution >= 0.6 is 23.6 Å². The van der Waals surface area contributed by atoms with Crippen LogP contribution in [0.5, 0.6) is 0 Å². The summed E-state index contributed by atoms with van der Waals surface area (Å²) >= 11 is 6.52. The molecule has 2 N–H and O–H groups in total. The Morgan fingerprint density at radius 3 is 3.16 bits per heavy atom. The van der Waals surface area contributed by atoms with Crippen LogP contribution in [0.4, 0.5) is 0 Å². The van der Waals surface area contributed by atoms with Crippen molar-refractivity contribution in [1.29, 1.82) is 0 Å². The molecule has 0 aromatic carbocycles. The van der Waals surface area contributed by atoms with E-state index in [4.69, 9.17) is 17.0 Å². The quantitative estimate of drug-likeness (QED) is 0.490. The van der Waals surface area contributed by atoms with Crippen LogP contribution in [0.25, 0.3) is 0 Å². The molecule has 0 aliphatic carbocycles. The molecular formula is C13H12N2O2S2. The summed E-state index contributed by atoms with van der Waals surface area (Å²) in [5.74, 6) is 5.35. The predicted octanol–water partition coefficient (Wildman–Crippen LogP) is 1.39. The Morgan fingerprint density at radius 2 is 2.47 bits per heavy atom. The monoisotopic (exact) mass is 292 g/mol. The van der Waals surface area contributed by atoms with Crippen LogP contribution in [0, 0.1) is 11.8 Å². The van der Waals surface area contributed by atoms with Gasteiger partial charge in [-0.3, -0.25) is 0 Å². The Morgan fingerprint density at radius 1 is 1.63 bits per heavy atom. The third-order valence-electron chi connectivity index (χ3n) is 2.46. The van der Waals surface area contributed by atoms with E-state index in [0.29, 0.717) is 17.2 Å². The zero-order chi connectivity index (χ0) is 13.7. The van der Waals surface area contributed by atoms with Crippen molar-refractivity contribution >= 4 is 34.6 Å². The molecule has 0 unspecified atom stereocenters. The first-order chi connectivity index (χ1) is 9.16. The zero-order valence-corrected chi connectivity index (χ0v) is 11.9. The SMILES string of the molecule is CC1=C(C(=O)OCC#Cc2ccsc2)CNC(=S)N1. The molecule has 4 nitrogen and oxygen atoms in total. The number of nitrogens with one attached hydrogen (secondary N) is 2. The summed E-state index contributed by atoms with van der Waals surface area (Å²) in [6.45, 7) is 2.26. The van der Waals surface area contributed by atoms with Gasteiger partial charge in [-0.15, -0.1) is 0 Å². The second-order valence-electron chi connectivity index (χ2n) is 3.80. The minimum Gasteiger partial charge on any atom is -0.449 e. The van der Waals surface area contributed by atoms with Gasteiger partial charge in [0.15, 0.2) is 11.7 Å². The van der Waals surface area contributed by atoms with E-state index in [2.05, 4.69) is 22.5 Å². The van der Waals surface area contributed by atoms with E-state index in [0.717, 1.165) is 11.3 Å². The van der Waals surface area contributed by atoms with Gasteiger partial charge in [0, 0.05) is 16.6 Å². The van der Waals surface area contributed by atoms with Crippen molar-refractivity contribution in [3.8, 4) is 11.8 Å². The number of thiophene rings is 1.